The van der Waals surface area contributed by atoms with Crippen molar-refractivity contribution in [2.45, 2.75) is 26.4 Å². The van der Waals surface area contributed by atoms with E-state index in [4.69, 9.17) is 9.47 Å². The van der Waals surface area contributed by atoms with Crippen LogP contribution in [0.2, 0.25) is 0 Å². The van der Waals surface area contributed by atoms with Crippen LogP contribution in [0.15, 0.2) is 41.3 Å². The molecule has 0 saturated carbocycles. The number of methoxy groups -OCH3 is 1. The Kier molecular flexibility index (Phi) is 7.70. The zero-order valence-electron chi connectivity index (χ0n) is 18.2. The van der Waals surface area contributed by atoms with Crippen LogP contribution < -0.4 is 14.8 Å². The molecular formula is C23H22F2N2O5S. The number of nitrogens with one attached hydrogen (secondary N) is 1. The fraction of sp³-hybridized carbons (Fsp3) is 0.261. The van der Waals surface area contributed by atoms with Gasteiger partial charge < -0.3 is 14.8 Å². The van der Waals surface area contributed by atoms with Crippen molar-refractivity contribution in [3.8, 4) is 11.5 Å². The molecule has 10 heteroatoms. The number of carbonyl (C=O) groups excluding carboxylic acids is 3. The fourth-order valence-electron chi connectivity index (χ4n) is 2.88. The zero-order chi connectivity index (χ0) is 24.1. The molecule has 0 aliphatic carbocycles. The lowest BCUT2D eigenvalue weighted by Gasteiger charge is -2.15. The first-order chi connectivity index (χ1) is 15.7. The predicted octanol–water partition coefficient (Wildman–Crippen LogP) is 4.83. The highest BCUT2D eigenvalue weighted by atomic mass is 32.2. The van der Waals surface area contributed by atoms with Crippen molar-refractivity contribution in [2.75, 3.05) is 19.0 Å². The van der Waals surface area contributed by atoms with E-state index in [-0.39, 0.29) is 16.7 Å². The number of rotatable bonds is 8. The van der Waals surface area contributed by atoms with Gasteiger partial charge in [-0.2, -0.15) is 0 Å². The van der Waals surface area contributed by atoms with Crippen LogP contribution in [-0.2, 0) is 9.59 Å². The van der Waals surface area contributed by atoms with Crippen LogP contribution in [0, 0.1) is 11.6 Å². The van der Waals surface area contributed by atoms with Gasteiger partial charge in [0.25, 0.3) is 11.1 Å². The van der Waals surface area contributed by atoms with Gasteiger partial charge in [-0.25, -0.2) is 8.78 Å². The highest BCUT2D eigenvalue weighted by Crippen LogP contribution is 2.35. The molecule has 0 radical (unpaired) electrons. The molecule has 1 fully saturated rings. The number of carbonyl (C=O) groups is 3. The number of ether oxygens (including phenoxy) is 2. The molecule has 33 heavy (non-hydrogen) atoms. The number of amides is 3. The Morgan fingerprint density at radius 3 is 2.61 bits per heavy atom. The lowest BCUT2D eigenvalue weighted by atomic mass is 10.1. The number of anilines is 1. The van der Waals surface area contributed by atoms with Crippen LogP contribution in [0.5, 0.6) is 11.5 Å². The van der Waals surface area contributed by atoms with E-state index < -0.39 is 35.2 Å². The largest absolute Gasteiger partial charge is 0.493 e. The van der Waals surface area contributed by atoms with Gasteiger partial charge in [0.05, 0.1) is 23.8 Å². The maximum absolute atomic E-state index is 13.7. The molecule has 1 heterocycles. The first kappa shape index (κ1) is 24.2. The first-order valence-electron chi connectivity index (χ1n) is 10.1. The van der Waals surface area contributed by atoms with Crippen molar-refractivity contribution >= 4 is 40.6 Å². The second kappa shape index (κ2) is 10.5. The van der Waals surface area contributed by atoms with Crippen molar-refractivity contribution in [2.24, 2.45) is 0 Å². The van der Waals surface area contributed by atoms with Gasteiger partial charge in [0.2, 0.25) is 5.91 Å². The van der Waals surface area contributed by atoms with Gasteiger partial charge in [-0.15, -0.1) is 0 Å². The minimum Gasteiger partial charge on any atom is -0.493 e. The van der Waals surface area contributed by atoms with Gasteiger partial charge in [0.1, 0.15) is 18.2 Å². The second-order valence-electron chi connectivity index (χ2n) is 7.19. The number of hydrogen-bond donors (Lipinski definition) is 1. The molecule has 1 unspecified atom stereocenters. The summed E-state index contributed by atoms with van der Waals surface area (Å²) in [6.07, 6.45) is 2.33. The summed E-state index contributed by atoms with van der Waals surface area (Å²) in [5.41, 5.74) is 0.349. The van der Waals surface area contributed by atoms with Crippen molar-refractivity contribution in [1.29, 1.82) is 0 Å². The molecule has 0 spiro atoms. The Morgan fingerprint density at radius 1 is 1.18 bits per heavy atom. The van der Waals surface area contributed by atoms with E-state index in [9.17, 15) is 23.2 Å². The molecule has 1 aliphatic rings. The first-order valence-corrected chi connectivity index (χ1v) is 10.9. The Morgan fingerprint density at radius 2 is 1.94 bits per heavy atom. The van der Waals surface area contributed by atoms with Crippen LogP contribution >= 0.6 is 11.8 Å². The second-order valence-corrected chi connectivity index (χ2v) is 8.18. The quantitative estimate of drug-likeness (QED) is 0.550. The van der Waals surface area contributed by atoms with Crippen LogP contribution in [0.25, 0.3) is 6.08 Å². The summed E-state index contributed by atoms with van der Waals surface area (Å²) < 4.78 is 37.9. The standard InChI is InChI=1S/C23H22F2N2O5S/c1-4-13(2)32-18-8-5-14(9-19(18)31-3)10-20-22(29)27(23(30)33-20)12-21(28)26-17-7-6-15(24)11-16(17)25/h5-11,13H,4,12H2,1-3H3,(H,26,28). The number of thioether (sulfide) groups is 1. The molecule has 0 aromatic heterocycles. The SMILES string of the molecule is CCC(C)Oc1ccc(C=C2SC(=O)N(CC(=O)Nc3ccc(F)cc3F)C2=O)cc1OC. The molecule has 2 aromatic carbocycles. The molecule has 174 valence electrons. The average molecular weight is 477 g/mol. The molecule has 1 N–H and O–H groups in total. The summed E-state index contributed by atoms with van der Waals surface area (Å²) in [7, 11) is 1.50. The number of imide groups is 1. The summed E-state index contributed by atoms with van der Waals surface area (Å²) in [6.45, 7) is 3.33. The molecular weight excluding hydrogens is 454 g/mol. The zero-order valence-corrected chi connectivity index (χ0v) is 19.0. The third kappa shape index (κ3) is 5.89. The summed E-state index contributed by atoms with van der Waals surface area (Å²) in [6, 6.07) is 7.76. The topological polar surface area (TPSA) is 84.9 Å². The maximum Gasteiger partial charge on any atom is 0.294 e. The Labute approximate surface area is 193 Å². The summed E-state index contributed by atoms with van der Waals surface area (Å²) >= 11 is 0.685. The fourth-order valence-corrected chi connectivity index (χ4v) is 3.72. The highest BCUT2D eigenvalue weighted by Gasteiger charge is 2.36. The lowest BCUT2D eigenvalue weighted by molar-refractivity contribution is -0.127. The average Bonchev–Trinajstić information content (AvgIpc) is 3.03. The number of nitrogens with zero attached hydrogens (tertiary/aromatic N) is 1. The van der Waals surface area contributed by atoms with E-state index in [1.54, 1.807) is 18.2 Å². The molecule has 1 saturated heterocycles. The van der Waals surface area contributed by atoms with E-state index in [1.165, 1.54) is 13.2 Å². The maximum atomic E-state index is 13.7. The Balaban J connectivity index is 1.72. The molecule has 7 nitrogen and oxygen atoms in total. The predicted molar refractivity (Wildman–Crippen MR) is 121 cm³/mol. The van der Waals surface area contributed by atoms with Crippen LogP contribution in [-0.4, -0.2) is 41.7 Å². The molecule has 2 aromatic rings. The number of benzene rings is 2. The lowest BCUT2D eigenvalue weighted by Crippen LogP contribution is -2.36. The number of hydrogen-bond acceptors (Lipinski definition) is 6. The van der Waals surface area contributed by atoms with E-state index >= 15 is 0 Å². The molecule has 1 aliphatic heterocycles. The third-order valence-corrected chi connectivity index (χ3v) is 5.68. The van der Waals surface area contributed by atoms with Crippen molar-refractivity contribution in [3.05, 3.63) is 58.5 Å². The number of halogens is 2. The van der Waals surface area contributed by atoms with Gasteiger partial charge in [-0.05, 0) is 61.0 Å². The smallest absolute Gasteiger partial charge is 0.294 e. The van der Waals surface area contributed by atoms with E-state index in [0.29, 0.717) is 34.9 Å². The molecule has 3 amide bonds. The Bertz CT molecular complexity index is 1120. The van der Waals surface area contributed by atoms with E-state index in [0.717, 1.165) is 23.5 Å². The summed E-state index contributed by atoms with van der Waals surface area (Å²) in [4.78, 5) is 38.1. The van der Waals surface area contributed by atoms with Crippen molar-refractivity contribution in [1.82, 2.24) is 4.90 Å². The minimum absolute atomic E-state index is 0.00391. The minimum atomic E-state index is -0.966. The van der Waals surface area contributed by atoms with Gasteiger partial charge >= 0.3 is 0 Å². The van der Waals surface area contributed by atoms with Gasteiger partial charge in [-0.3, -0.25) is 19.3 Å². The monoisotopic (exact) mass is 476 g/mol. The van der Waals surface area contributed by atoms with Gasteiger partial charge in [0, 0.05) is 6.07 Å². The molecule has 1 atom stereocenters. The third-order valence-electron chi connectivity index (χ3n) is 4.77. The van der Waals surface area contributed by atoms with Gasteiger partial charge in [-0.1, -0.05) is 13.0 Å². The molecule has 0 bridgehead atoms. The van der Waals surface area contributed by atoms with Crippen LogP contribution in [0.4, 0.5) is 19.3 Å². The van der Waals surface area contributed by atoms with Crippen LogP contribution in [0.1, 0.15) is 25.8 Å². The van der Waals surface area contributed by atoms with Gasteiger partial charge in [0.15, 0.2) is 11.5 Å². The molecule has 3 rings (SSSR count). The Hall–Kier alpha value is -3.40. The summed E-state index contributed by atoms with van der Waals surface area (Å²) in [5, 5.41) is 1.59. The normalized spacial score (nSPS) is 15.7. The van der Waals surface area contributed by atoms with Crippen LogP contribution in [0.3, 0.4) is 0 Å². The van der Waals surface area contributed by atoms with Crippen molar-refractivity contribution in [3.63, 3.8) is 0 Å². The van der Waals surface area contributed by atoms with Crippen molar-refractivity contribution < 1.29 is 32.6 Å². The summed E-state index contributed by atoms with van der Waals surface area (Å²) in [5.74, 6) is -2.17. The van der Waals surface area contributed by atoms with E-state index in [2.05, 4.69) is 5.32 Å². The van der Waals surface area contributed by atoms with E-state index in [1.807, 2.05) is 13.8 Å². The highest BCUT2D eigenvalue weighted by molar-refractivity contribution is 8.18.